The van der Waals surface area contributed by atoms with Gasteiger partial charge in [-0.15, -0.1) is 0 Å². The largest absolute Gasteiger partial charge is 0.487 e. The molecule has 0 aliphatic carbocycles. The van der Waals surface area contributed by atoms with E-state index in [0.29, 0.717) is 23.3 Å². The molecule has 0 N–H and O–H groups in total. The second-order valence-corrected chi connectivity index (χ2v) is 4.42. The van der Waals surface area contributed by atoms with Gasteiger partial charge in [-0.3, -0.25) is 4.79 Å². The molecule has 0 fully saturated rings. The topological polar surface area (TPSA) is 39.2 Å². The van der Waals surface area contributed by atoms with Gasteiger partial charge in [-0.2, -0.15) is 0 Å². The average Bonchev–Trinajstić information content (AvgIpc) is 2.40. The van der Waals surface area contributed by atoms with Gasteiger partial charge in [0, 0.05) is 10.0 Å². The maximum Gasteiger partial charge on any atom is 0.168 e. The minimum absolute atomic E-state index is 0.223. The standard InChI is InChI=1S/C13H9BrFNO2/c14-13-4-1-10(15)5-9(13)8-18-12-3-2-11(7-17)16-6-12/h1-7H,8H2. The summed E-state index contributed by atoms with van der Waals surface area (Å²) in [6, 6.07) is 7.60. The number of hydrogen-bond acceptors (Lipinski definition) is 3. The Balaban J connectivity index is 2.06. The van der Waals surface area contributed by atoms with Crippen LogP contribution in [0.3, 0.4) is 0 Å². The average molecular weight is 310 g/mol. The summed E-state index contributed by atoms with van der Waals surface area (Å²) in [4.78, 5) is 14.3. The maximum absolute atomic E-state index is 13.0. The summed E-state index contributed by atoms with van der Waals surface area (Å²) >= 11 is 3.32. The van der Waals surface area contributed by atoms with Crippen molar-refractivity contribution in [3.05, 3.63) is 58.1 Å². The summed E-state index contributed by atoms with van der Waals surface area (Å²) in [5.41, 5.74) is 1.05. The van der Waals surface area contributed by atoms with Gasteiger partial charge in [0.25, 0.3) is 0 Å². The van der Waals surface area contributed by atoms with Gasteiger partial charge in [0.1, 0.15) is 23.9 Å². The van der Waals surface area contributed by atoms with Crippen LogP contribution in [0.15, 0.2) is 41.0 Å². The highest BCUT2D eigenvalue weighted by Gasteiger charge is 2.03. The molecule has 0 bridgehead atoms. The van der Waals surface area contributed by atoms with Crippen molar-refractivity contribution in [2.24, 2.45) is 0 Å². The van der Waals surface area contributed by atoms with Crippen molar-refractivity contribution in [3.63, 3.8) is 0 Å². The van der Waals surface area contributed by atoms with Crippen molar-refractivity contribution in [1.82, 2.24) is 4.98 Å². The number of rotatable bonds is 4. The van der Waals surface area contributed by atoms with Crippen LogP contribution in [0.4, 0.5) is 4.39 Å². The molecule has 0 unspecified atom stereocenters. The predicted molar refractivity (Wildman–Crippen MR) is 68.1 cm³/mol. The zero-order valence-corrected chi connectivity index (χ0v) is 10.9. The fourth-order valence-corrected chi connectivity index (χ4v) is 1.72. The molecule has 92 valence electrons. The predicted octanol–water partition coefficient (Wildman–Crippen LogP) is 3.37. The van der Waals surface area contributed by atoms with Crippen LogP contribution < -0.4 is 4.74 Å². The number of pyridine rings is 1. The molecular weight excluding hydrogens is 301 g/mol. The molecule has 3 nitrogen and oxygen atoms in total. The number of benzene rings is 1. The van der Waals surface area contributed by atoms with E-state index in [0.717, 1.165) is 4.47 Å². The molecule has 0 atom stereocenters. The summed E-state index contributed by atoms with van der Waals surface area (Å²) in [6.45, 7) is 0.223. The SMILES string of the molecule is O=Cc1ccc(OCc2cc(F)ccc2Br)cn1. The van der Waals surface area contributed by atoms with Crippen molar-refractivity contribution in [2.45, 2.75) is 6.61 Å². The van der Waals surface area contributed by atoms with E-state index in [2.05, 4.69) is 20.9 Å². The van der Waals surface area contributed by atoms with Crippen LogP contribution in [0.2, 0.25) is 0 Å². The molecule has 1 heterocycles. The summed E-state index contributed by atoms with van der Waals surface area (Å²) in [5.74, 6) is 0.211. The molecule has 0 spiro atoms. The second kappa shape index (κ2) is 5.73. The van der Waals surface area contributed by atoms with Crippen LogP contribution >= 0.6 is 15.9 Å². The molecule has 18 heavy (non-hydrogen) atoms. The van der Waals surface area contributed by atoms with E-state index >= 15 is 0 Å². The number of nitrogens with zero attached hydrogens (tertiary/aromatic N) is 1. The molecule has 2 aromatic rings. The highest BCUT2D eigenvalue weighted by atomic mass is 79.9. The van der Waals surface area contributed by atoms with Crippen molar-refractivity contribution in [2.75, 3.05) is 0 Å². The molecule has 0 saturated carbocycles. The van der Waals surface area contributed by atoms with Gasteiger partial charge in [0.05, 0.1) is 6.20 Å². The molecular formula is C13H9BrFNO2. The summed E-state index contributed by atoms with van der Waals surface area (Å²) in [6.07, 6.45) is 2.11. The quantitative estimate of drug-likeness (QED) is 0.813. The van der Waals surface area contributed by atoms with Gasteiger partial charge in [-0.05, 0) is 30.3 Å². The minimum Gasteiger partial charge on any atom is -0.487 e. The van der Waals surface area contributed by atoms with Crippen LogP contribution in [0.25, 0.3) is 0 Å². The Bertz CT molecular complexity index is 557. The summed E-state index contributed by atoms with van der Waals surface area (Å²) in [7, 11) is 0. The Morgan fingerprint density at radius 1 is 1.33 bits per heavy atom. The third-order valence-corrected chi connectivity index (χ3v) is 3.06. The molecule has 1 aromatic carbocycles. The van der Waals surface area contributed by atoms with Crippen LogP contribution in [-0.4, -0.2) is 11.3 Å². The van der Waals surface area contributed by atoms with Gasteiger partial charge >= 0.3 is 0 Å². The lowest BCUT2D eigenvalue weighted by Crippen LogP contribution is -1.98. The minimum atomic E-state index is -0.314. The fraction of sp³-hybridized carbons (Fsp3) is 0.0769. The molecule has 2 rings (SSSR count). The van der Waals surface area contributed by atoms with Gasteiger partial charge in [-0.25, -0.2) is 9.37 Å². The first-order valence-electron chi connectivity index (χ1n) is 5.17. The third kappa shape index (κ3) is 3.13. The molecule has 0 aliphatic heterocycles. The highest BCUT2D eigenvalue weighted by Crippen LogP contribution is 2.20. The van der Waals surface area contributed by atoms with Crippen LogP contribution in [0.1, 0.15) is 16.1 Å². The number of ether oxygens (including phenoxy) is 1. The van der Waals surface area contributed by atoms with Crippen LogP contribution in [0, 0.1) is 5.82 Å². The first kappa shape index (κ1) is 12.7. The van der Waals surface area contributed by atoms with E-state index in [-0.39, 0.29) is 12.4 Å². The van der Waals surface area contributed by atoms with Crippen LogP contribution in [0.5, 0.6) is 5.75 Å². The van der Waals surface area contributed by atoms with Crippen molar-refractivity contribution in [3.8, 4) is 5.75 Å². The van der Waals surface area contributed by atoms with Crippen LogP contribution in [-0.2, 0) is 6.61 Å². The Morgan fingerprint density at radius 2 is 2.17 bits per heavy atom. The van der Waals surface area contributed by atoms with E-state index in [9.17, 15) is 9.18 Å². The van der Waals surface area contributed by atoms with E-state index in [1.54, 1.807) is 18.2 Å². The Hall–Kier alpha value is -1.75. The number of halogens is 2. The molecule has 5 heteroatoms. The molecule has 0 saturated heterocycles. The zero-order valence-electron chi connectivity index (χ0n) is 9.27. The summed E-state index contributed by atoms with van der Waals surface area (Å²) < 4.78 is 19.3. The van der Waals surface area contributed by atoms with Gasteiger partial charge in [0.15, 0.2) is 6.29 Å². The number of aromatic nitrogens is 1. The lowest BCUT2D eigenvalue weighted by Gasteiger charge is -2.07. The first-order valence-corrected chi connectivity index (χ1v) is 5.96. The molecule has 1 aromatic heterocycles. The zero-order chi connectivity index (χ0) is 13.0. The Kier molecular flexibility index (Phi) is 4.04. The Labute approximate surface area is 112 Å². The van der Waals surface area contributed by atoms with E-state index in [1.165, 1.54) is 18.3 Å². The van der Waals surface area contributed by atoms with Crippen molar-refractivity contribution in [1.29, 1.82) is 0 Å². The summed E-state index contributed by atoms with van der Waals surface area (Å²) in [5, 5.41) is 0. The number of carbonyl (C=O) groups is 1. The Morgan fingerprint density at radius 3 is 2.83 bits per heavy atom. The third-order valence-electron chi connectivity index (χ3n) is 2.28. The number of hydrogen-bond donors (Lipinski definition) is 0. The van der Waals surface area contributed by atoms with Gasteiger partial charge in [0.2, 0.25) is 0 Å². The second-order valence-electron chi connectivity index (χ2n) is 3.56. The molecule has 0 aliphatic rings. The molecule has 0 amide bonds. The van der Waals surface area contributed by atoms with Crippen molar-refractivity contribution >= 4 is 22.2 Å². The number of carbonyl (C=O) groups excluding carboxylic acids is 1. The van der Waals surface area contributed by atoms with Crippen molar-refractivity contribution < 1.29 is 13.9 Å². The fourth-order valence-electron chi connectivity index (χ4n) is 1.36. The van der Waals surface area contributed by atoms with E-state index in [4.69, 9.17) is 4.74 Å². The lowest BCUT2D eigenvalue weighted by atomic mass is 10.2. The normalized spacial score (nSPS) is 10.1. The van der Waals surface area contributed by atoms with E-state index in [1.807, 2.05) is 0 Å². The van der Waals surface area contributed by atoms with E-state index < -0.39 is 0 Å². The lowest BCUT2D eigenvalue weighted by molar-refractivity contribution is 0.111. The monoisotopic (exact) mass is 309 g/mol. The molecule has 0 radical (unpaired) electrons. The highest BCUT2D eigenvalue weighted by molar-refractivity contribution is 9.10. The first-order chi connectivity index (χ1) is 8.69. The van der Waals surface area contributed by atoms with Gasteiger partial charge < -0.3 is 4.74 Å². The van der Waals surface area contributed by atoms with Gasteiger partial charge in [-0.1, -0.05) is 15.9 Å². The maximum atomic E-state index is 13.0. The number of aldehydes is 1. The smallest absolute Gasteiger partial charge is 0.168 e.